The number of nitrogens with zero attached hydrogens (tertiary/aromatic N) is 3. The van der Waals surface area contributed by atoms with E-state index in [-0.39, 0.29) is 5.91 Å². The lowest BCUT2D eigenvalue weighted by molar-refractivity contribution is -0.129. The second-order valence-electron chi connectivity index (χ2n) is 6.69. The van der Waals surface area contributed by atoms with Crippen molar-refractivity contribution in [1.29, 1.82) is 0 Å². The number of rotatable bonds is 6. The summed E-state index contributed by atoms with van der Waals surface area (Å²) in [7, 11) is 0. The molecule has 1 fully saturated rings. The maximum absolute atomic E-state index is 12.5. The maximum Gasteiger partial charge on any atom is 0.233 e. The fourth-order valence-electron chi connectivity index (χ4n) is 3.39. The number of carbonyl (C=O) groups excluding carboxylic acids is 1. The third kappa shape index (κ3) is 4.27. The van der Waals surface area contributed by atoms with Crippen molar-refractivity contribution >= 4 is 17.7 Å². The SMILES string of the molecule is O=C(CSc1ncc(-c2ccccc2)n1Cc1ccco1)N1CCCCC1. The smallest absolute Gasteiger partial charge is 0.233 e. The van der Waals surface area contributed by atoms with Gasteiger partial charge in [0.1, 0.15) is 5.76 Å². The van der Waals surface area contributed by atoms with Gasteiger partial charge in [-0.05, 0) is 37.0 Å². The highest BCUT2D eigenvalue weighted by Gasteiger charge is 2.19. The Morgan fingerprint density at radius 3 is 2.63 bits per heavy atom. The molecule has 1 aromatic carbocycles. The van der Waals surface area contributed by atoms with Crippen molar-refractivity contribution in [2.45, 2.75) is 31.0 Å². The summed E-state index contributed by atoms with van der Waals surface area (Å²) in [5.41, 5.74) is 2.13. The van der Waals surface area contributed by atoms with Crippen molar-refractivity contribution in [1.82, 2.24) is 14.5 Å². The van der Waals surface area contributed by atoms with Gasteiger partial charge in [-0.25, -0.2) is 4.98 Å². The first-order valence-electron chi connectivity index (χ1n) is 9.35. The van der Waals surface area contributed by atoms with Crippen LogP contribution < -0.4 is 0 Å². The highest BCUT2D eigenvalue weighted by molar-refractivity contribution is 7.99. The molecule has 5 nitrogen and oxygen atoms in total. The number of thioether (sulfide) groups is 1. The zero-order chi connectivity index (χ0) is 18.5. The van der Waals surface area contributed by atoms with Crippen molar-refractivity contribution in [3.05, 3.63) is 60.7 Å². The summed E-state index contributed by atoms with van der Waals surface area (Å²) in [5.74, 6) is 1.49. The van der Waals surface area contributed by atoms with Crippen LogP contribution in [0.2, 0.25) is 0 Å². The zero-order valence-electron chi connectivity index (χ0n) is 15.2. The fourth-order valence-corrected chi connectivity index (χ4v) is 4.27. The molecule has 0 atom stereocenters. The third-order valence-electron chi connectivity index (χ3n) is 4.82. The summed E-state index contributed by atoms with van der Waals surface area (Å²) in [4.78, 5) is 19.1. The summed E-state index contributed by atoms with van der Waals surface area (Å²) < 4.78 is 7.67. The van der Waals surface area contributed by atoms with Crippen LogP contribution in [0.15, 0.2) is 64.5 Å². The summed E-state index contributed by atoms with van der Waals surface area (Å²) in [6.45, 7) is 2.36. The van der Waals surface area contributed by atoms with Crippen LogP contribution in [0.4, 0.5) is 0 Å². The summed E-state index contributed by atoms with van der Waals surface area (Å²) in [6.07, 6.45) is 7.02. The lowest BCUT2D eigenvalue weighted by Crippen LogP contribution is -2.36. The molecule has 2 aromatic heterocycles. The largest absolute Gasteiger partial charge is 0.467 e. The molecule has 0 saturated carbocycles. The summed E-state index contributed by atoms with van der Waals surface area (Å²) in [6, 6.07) is 14.0. The molecule has 1 aliphatic rings. The van der Waals surface area contributed by atoms with Crippen LogP contribution in [0.1, 0.15) is 25.0 Å². The van der Waals surface area contributed by atoms with E-state index >= 15 is 0 Å². The highest BCUT2D eigenvalue weighted by atomic mass is 32.2. The lowest BCUT2D eigenvalue weighted by Gasteiger charge is -2.26. The molecule has 0 aliphatic carbocycles. The number of aromatic nitrogens is 2. The van der Waals surface area contributed by atoms with Gasteiger partial charge in [0, 0.05) is 13.1 Å². The van der Waals surface area contributed by atoms with Crippen molar-refractivity contribution < 1.29 is 9.21 Å². The Hall–Kier alpha value is -2.47. The Kier molecular flexibility index (Phi) is 5.63. The molecule has 0 N–H and O–H groups in total. The second-order valence-corrected chi connectivity index (χ2v) is 7.63. The van der Waals surface area contributed by atoms with Crippen LogP contribution >= 0.6 is 11.8 Å². The molecule has 140 valence electrons. The van der Waals surface area contributed by atoms with Crippen molar-refractivity contribution in [2.24, 2.45) is 0 Å². The Bertz CT molecular complexity index is 868. The predicted molar refractivity (Wildman–Crippen MR) is 107 cm³/mol. The van der Waals surface area contributed by atoms with Crippen LogP contribution in [0.5, 0.6) is 0 Å². The number of imidazole rings is 1. The van der Waals surface area contributed by atoms with Gasteiger partial charge in [-0.2, -0.15) is 0 Å². The summed E-state index contributed by atoms with van der Waals surface area (Å²) >= 11 is 1.51. The van der Waals surface area contributed by atoms with Gasteiger partial charge in [-0.1, -0.05) is 42.1 Å². The quantitative estimate of drug-likeness (QED) is 0.598. The fraction of sp³-hybridized carbons (Fsp3) is 0.333. The van der Waals surface area contributed by atoms with Crippen LogP contribution in [-0.2, 0) is 11.3 Å². The molecule has 6 heteroatoms. The Labute approximate surface area is 163 Å². The van der Waals surface area contributed by atoms with Crippen LogP contribution in [0.3, 0.4) is 0 Å². The average Bonchev–Trinajstić information content (AvgIpc) is 3.38. The molecule has 4 rings (SSSR count). The highest BCUT2D eigenvalue weighted by Crippen LogP contribution is 2.27. The second kappa shape index (κ2) is 8.48. The Morgan fingerprint density at radius 1 is 1.07 bits per heavy atom. The van der Waals surface area contributed by atoms with Gasteiger partial charge in [-0.3, -0.25) is 4.79 Å². The first-order valence-corrected chi connectivity index (χ1v) is 10.3. The average molecular weight is 382 g/mol. The van der Waals surface area contributed by atoms with E-state index in [2.05, 4.69) is 21.7 Å². The van der Waals surface area contributed by atoms with Gasteiger partial charge in [0.15, 0.2) is 5.16 Å². The van der Waals surface area contributed by atoms with E-state index in [1.165, 1.54) is 18.2 Å². The third-order valence-corrected chi connectivity index (χ3v) is 5.79. The topological polar surface area (TPSA) is 51.3 Å². The lowest BCUT2D eigenvalue weighted by atomic mass is 10.1. The standard InChI is InChI=1S/C21H23N3O2S/c25-20(23-11-5-2-6-12-23)16-27-21-22-14-19(17-8-3-1-4-9-17)24(21)15-18-10-7-13-26-18/h1,3-4,7-10,13-14H,2,5-6,11-12,15-16H2. The molecular weight excluding hydrogens is 358 g/mol. The minimum atomic E-state index is 0.202. The number of furan rings is 1. The number of carbonyl (C=O) groups is 1. The number of piperidine rings is 1. The van der Waals surface area contributed by atoms with Gasteiger partial charge >= 0.3 is 0 Å². The van der Waals surface area contributed by atoms with E-state index in [9.17, 15) is 4.79 Å². The van der Waals surface area contributed by atoms with E-state index < -0.39 is 0 Å². The molecule has 1 aliphatic heterocycles. The number of hydrogen-bond acceptors (Lipinski definition) is 4. The van der Waals surface area contributed by atoms with E-state index in [4.69, 9.17) is 4.42 Å². The first kappa shape index (κ1) is 17.9. The molecule has 1 amide bonds. The number of likely N-dealkylation sites (tertiary alicyclic amines) is 1. The predicted octanol–water partition coefficient (Wildman–Crippen LogP) is 4.30. The molecule has 1 saturated heterocycles. The molecule has 3 heterocycles. The Morgan fingerprint density at radius 2 is 1.89 bits per heavy atom. The minimum absolute atomic E-state index is 0.202. The number of hydrogen-bond donors (Lipinski definition) is 0. The Balaban J connectivity index is 1.54. The van der Waals surface area contributed by atoms with Gasteiger partial charge in [0.2, 0.25) is 5.91 Å². The zero-order valence-corrected chi connectivity index (χ0v) is 16.0. The number of amides is 1. The van der Waals surface area contributed by atoms with E-state index in [0.717, 1.165) is 48.1 Å². The summed E-state index contributed by atoms with van der Waals surface area (Å²) in [5, 5.41) is 0.843. The molecule has 0 bridgehead atoms. The maximum atomic E-state index is 12.5. The van der Waals surface area contributed by atoms with Crippen LogP contribution in [-0.4, -0.2) is 39.2 Å². The monoisotopic (exact) mass is 381 g/mol. The molecule has 0 radical (unpaired) electrons. The molecule has 0 unspecified atom stereocenters. The molecule has 0 spiro atoms. The van der Waals surface area contributed by atoms with E-state index in [1.807, 2.05) is 41.4 Å². The molecule has 3 aromatic rings. The van der Waals surface area contributed by atoms with Crippen LogP contribution in [0, 0.1) is 0 Å². The van der Waals surface area contributed by atoms with Crippen molar-refractivity contribution in [3.8, 4) is 11.3 Å². The van der Waals surface area contributed by atoms with Gasteiger partial charge < -0.3 is 13.9 Å². The molecular formula is C21H23N3O2S. The van der Waals surface area contributed by atoms with Gasteiger partial charge in [0.05, 0.1) is 30.5 Å². The minimum Gasteiger partial charge on any atom is -0.467 e. The van der Waals surface area contributed by atoms with Gasteiger partial charge in [-0.15, -0.1) is 0 Å². The van der Waals surface area contributed by atoms with E-state index in [0.29, 0.717) is 12.3 Å². The normalized spacial score (nSPS) is 14.4. The molecule has 27 heavy (non-hydrogen) atoms. The number of benzene rings is 1. The van der Waals surface area contributed by atoms with Crippen LogP contribution in [0.25, 0.3) is 11.3 Å². The van der Waals surface area contributed by atoms with Crippen molar-refractivity contribution in [2.75, 3.05) is 18.8 Å². The van der Waals surface area contributed by atoms with Gasteiger partial charge in [0.25, 0.3) is 0 Å². The van der Waals surface area contributed by atoms with Crippen molar-refractivity contribution in [3.63, 3.8) is 0 Å². The first-order chi connectivity index (χ1) is 13.3. The van der Waals surface area contributed by atoms with E-state index in [1.54, 1.807) is 6.26 Å².